The fourth-order valence-corrected chi connectivity index (χ4v) is 2.79. The van der Waals surface area contributed by atoms with Crippen LogP contribution in [0.2, 0.25) is 0 Å². The first-order valence-corrected chi connectivity index (χ1v) is 6.62. The van der Waals surface area contributed by atoms with Crippen LogP contribution in [0.3, 0.4) is 0 Å². The summed E-state index contributed by atoms with van der Waals surface area (Å²) >= 11 is 0. The van der Waals surface area contributed by atoms with Crippen molar-refractivity contribution in [2.75, 3.05) is 12.4 Å². The molecule has 2 nitrogen and oxygen atoms in total. The van der Waals surface area contributed by atoms with Crippen molar-refractivity contribution in [2.45, 2.75) is 31.1 Å². The lowest BCUT2D eigenvalue weighted by Gasteiger charge is -2.04. The Bertz CT molecular complexity index is 323. The number of hydrogen-bond acceptors (Lipinski definition) is 2. The van der Waals surface area contributed by atoms with E-state index >= 15 is 0 Å². The lowest BCUT2D eigenvalue weighted by Crippen LogP contribution is -2.00. The lowest BCUT2D eigenvalue weighted by atomic mass is 10.2. The van der Waals surface area contributed by atoms with Gasteiger partial charge in [0, 0.05) is 17.3 Å². The zero-order valence-electron chi connectivity index (χ0n) is 9.11. The SMILES string of the molecule is Cc1ccccc1S(=O)CCCCCO. The summed E-state index contributed by atoms with van der Waals surface area (Å²) in [6, 6.07) is 7.80. The van der Waals surface area contributed by atoms with Gasteiger partial charge in [-0.15, -0.1) is 0 Å². The van der Waals surface area contributed by atoms with Crippen LogP contribution in [-0.4, -0.2) is 21.7 Å². The molecule has 1 atom stereocenters. The summed E-state index contributed by atoms with van der Waals surface area (Å²) in [6.07, 6.45) is 2.68. The summed E-state index contributed by atoms with van der Waals surface area (Å²) in [7, 11) is -0.880. The van der Waals surface area contributed by atoms with Gasteiger partial charge >= 0.3 is 0 Å². The number of hydrogen-bond donors (Lipinski definition) is 1. The Hall–Kier alpha value is -0.670. The summed E-state index contributed by atoms with van der Waals surface area (Å²) in [5.74, 6) is 0.699. The van der Waals surface area contributed by atoms with Crippen LogP contribution >= 0.6 is 0 Å². The molecule has 0 amide bonds. The maximum absolute atomic E-state index is 11.9. The molecule has 1 aromatic carbocycles. The van der Waals surface area contributed by atoms with Crippen LogP contribution in [0.15, 0.2) is 29.2 Å². The molecule has 1 aromatic rings. The van der Waals surface area contributed by atoms with Gasteiger partial charge < -0.3 is 5.11 Å². The van der Waals surface area contributed by atoms with E-state index < -0.39 is 10.8 Å². The minimum absolute atomic E-state index is 0.233. The van der Waals surface area contributed by atoms with Crippen molar-refractivity contribution < 1.29 is 9.32 Å². The Balaban J connectivity index is 2.44. The van der Waals surface area contributed by atoms with Crippen molar-refractivity contribution in [1.29, 1.82) is 0 Å². The van der Waals surface area contributed by atoms with Gasteiger partial charge in [0.1, 0.15) is 0 Å². The number of rotatable bonds is 6. The van der Waals surface area contributed by atoms with Crippen molar-refractivity contribution in [2.24, 2.45) is 0 Å². The number of benzene rings is 1. The number of unbranched alkanes of at least 4 members (excludes halogenated alkanes) is 2. The third kappa shape index (κ3) is 4.14. The van der Waals surface area contributed by atoms with Gasteiger partial charge in [-0.1, -0.05) is 24.6 Å². The van der Waals surface area contributed by atoms with E-state index in [1.165, 1.54) is 0 Å². The summed E-state index contributed by atoms with van der Waals surface area (Å²) in [6.45, 7) is 2.22. The minimum atomic E-state index is -0.880. The van der Waals surface area contributed by atoms with Gasteiger partial charge in [-0.25, -0.2) is 0 Å². The first-order chi connectivity index (χ1) is 7.25. The van der Waals surface area contributed by atoms with Gasteiger partial charge in [-0.2, -0.15) is 0 Å². The van der Waals surface area contributed by atoms with Gasteiger partial charge in [0.25, 0.3) is 0 Å². The normalized spacial score (nSPS) is 12.7. The molecule has 0 bridgehead atoms. The molecular formula is C12H18O2S. The van der Waals surface area contributed by atoms with Crippen LogP contribution in [0, 0.1) is 6.92 Å². The van der Waals surface area contributed by atoms with Crippen molar-refractivity contribution in [3.05, 3.63) is 29.8 Å². The smallest absolute Gasteiger partial charge is 0.0532 e. The third-order valence-corrected chi connectivity index (χ3v) is 3.93. The second kappa shape index (κ2) is 6.75. The average molecular weight is 226 g/mol. The minimum Gasteiger partial charge on any atom is -0.396 e. The van der Waals surface area contributed by atoms with Gasteiger partial charge in [0.05, 0.1) is 10.8 Å². The van der Waals surface area contributed by atoms with E-state index in [1.54, 1.807) is 0 Å². The molecule has 0 fully saturated rings. The van der Waals surface area contributed by atoms with Crippen molar-refractivity contribution in [1.82, 2.24) is 0 Å². The largest absolute Gasteiger partial charge is 0.396 e. The molecule has 0 saturated carbocycles. The standard InChI is InChI=1S/C12H18O2S/c1-11-7-3-4-8-12(11)15(14)10-6-2-5-9-13/h3-4,7-8,13H,2,5-6,9-10H2,1H3. The first kappa shape index (κ1) is 12.4. The van der Waals surface area contributed by atoms with E-state index in [9.17, 15) is 4.21 Å². The highest BCUT2D eigenvalue weighted by molar-refractivity contribution is 7.85. The summed E-state index contributed by atoms with van der Waals surface area (Å²) in [5.41, 5.74) is 1.10. The van der Waals surface area contributed by atoms with Crippen molar-refractivity contribution in [3.63, 3.8) is 0 Å². The van der Waals surface area contributed by atoms with Gasteiger partial charge in [-0.05, 0) is 31.4 Å². The fraction of sp³-hybridized carbons (Fsp3) is 0.500. The molecule has 0 saturated heterocycles. The number of aliphatic hydroxyl groups excluding tert-OH is 1. The van der Waals surface area contributed by atoms with Crippen molar-refractivity contribution in [3.8, 4) is 0 Å². The molecule has 1 unspecified atom stereocenters. The highest BCUT2D eigenvalue weighted by Gasteiger charge is 2.05. The van der Waals surface area contributed by atoms with Gasteiger partial charge in [-0.3, -0.25) is 4.21 Å². The molecule has 0 aliphatic rings. The third-order valence-electron chi connectivity index (χ3n) is 2.33. The van der Waals surface area contributed by atoms with Crippen LogP contribution in [0.5, 0.6) is 0 Å². The molecule has 0 aliphatic carbocycles. The van der Waals surface area contributed by atoms with E-state index in [1.807, 2.05) is 31.2 Å². The molecule has 1 N–H and O–H groups in total. The molecule has 84 valence electrons. The van der Waals surface area contributed by atoms with Crippen LogP contribution in [0.4, 0.5) is 0 Å². The lowest BCUT2D eigenvalue weighted by molar-refractivity contribution is 0.284. The summed E-state index contributed by atoms with van der Waals surface area (Å²) < 4.78 is 11.9. The Morgan fingerprint density at radius 1 is 1.20 bits per heavy atom. The zero-order chi connectivity index (χ0) is 11.1. The van der Waals surface area contributed by atoms with Gasteiger partial charge in [0.15, 0.2) is 0 Å². The monoisotopic (exact) mass is 226 g/mol. The molecule has 0 aromatic heterocycles. The zero-order valence-corrected chi connectivity index (χ0v) is 9.93. The molecule has 3 heteroatoms. The van der Waals surface area contributed by atoms with Crippen molar-refractivity contribution >= 4 is 10.8 Å². The maximum atomic E-state index is 11.9. The van der Waals surface area contributed by atoms with Crippen LogP contribution in [0.25, 0.3) is 0 Å². The summed E-state index contributed by atoms with van der Waals surface area (Å²) in [5, 5.41) is 8.62. The Labute approximate surface area is 93.8 Å². The maximum Gasteiger partial charge on any atom is 0.0532 e. The highest BCUT2D eigenvalue weighted by atomic mass is 32.2. The number of aryl methyl sites for hydroxylation is 1. The van der Waals surface area contributed by atoms with Gasteiger partial charge in [0.2, 0.25) is 0 Å². The molecular weight excluding hydrogens is 208 g/mol. The number of aliphatic hydroxyl groups is 1. The van der Waals surface area contributed by atoms with E-state index in [0.717, 1.165) is 29.7 Å². The predicted molar refractivity (Wildman–Crippen MR) is 63.4 cm³/mol. The van der Waals surface area contributed by atoms with E-state index in [0.29, 0.717) is 5.75 Å². The summed E-state index contributed by atoms with van der Waals surface area (Å²) in [4.78, 5) is 0.946. The fourth-order valence-electron chi connectivity index (χ4n) is 1.44. The Kier molecular flexibility index (Phi) is 5.58. The quantitative estimate of drug-likeness (QED) is 0.755. The molecule has 1 rings (SSSR count). The van der Waals surface area contributed by atoms with E-state index in [-0.39, 0.29) is 6.61 Å². The van der Waals surface area contributed by atoms with E-state index in [4.69, 9.17) is 5.11 Å². The second-order valence-corrected chi connectivity index (χ2v) is 5.14. The highest BCUT2D eigenvalue weighted by Crippen LogP contribution is 2.13. The molecule has 0 spiro atoms. The van der Waals surface area contributed by atoms with Crippen LogP contribution < -0.4 is 0 Å². The molecule has 0 heterocycles. The first-order valence-electron chi connectivity index (χ1n) is 5.30. The average Bonchev–Trinajstić information content (AvgIpc) is 2.25. The Morgan fingerprint density at radius 2 is 1.93 bits per heavy atom. The van der Waals surface area contributed by atoms with Crippen LogP contribution in [-0.2, 0) is 10.8 Å². The second-order valence-electron chi connectivity index (χ2n) is 3.60. The molecule has 15 heavy (non-hydrogen) atoms. The molecule has 0 aliphatic heterocycles. The predicted octanol–water partition coefficient (Wildman–Crippen LogP) is 2.27. The topological polar surface area (TPSA) is 37.3 Å². The Morgan fingerprint density at radius 3 is 2.60 bits per heavy atom. The van der Waals surface area contributed by atoms with E-state index in [2.05, 4.69) is 0 Å². The van der Waals surface area contributed by atoms with Crippen LogP contribution in [0.1, 0.15) is 24.8 Å². The molecule has 0 radical (unpaired) electrons.